The summed E-state index contributed by atoms with van der Waals surface area (Å²) < 4.78 is 5.24. The maximum absolute atomic E-state index is 11.8. The predicted molar refractivity (Wildman–Crippen MR) is 104 cm³/mol. The second-order valence-corrected chi connectivity index (χ2v) is 6.58. The van der Waals surface area contributed by atoms with E-state index in [1.807, 2.05) is 0 Å². The Morgan fingerprint density at radius 2 is 1.40 bits per heavy atom. The van der Waals surface area contributed by atoms with Crippen LogP contribution in [-0.4, -0.2) is 17.7 Å². The quantitative estimate of drug-likeness (QED) is 0.240. The van der Waals surface area contributed by atoms with Gasteiger partial charge in [0.05, 0.1) is 12.2 Å². The number of carbonyl (C=O) groups is 1. The molecule has 0 bridgehead atoms. The first-order chi connectivity index (χ1) is 12.2. The Hall–Kier alpha value is -1.77. The standard InChI is InChI=1S/C22H34O3/c1-2-3-4-5-6-7-8-9-10-11-12-13-14-19-25-22(24)20-15-17-21(23)18-16-20/h2-3,15-18,23H,4-14,19H2,1H3/b3-2+. The molecule has 0 saturated carbocycles. The van der Waals surface area contributed by atoms with Gasteiger partial charge in [-0.3, -0.25) is 0 Å². The van der Waals surface area contributed by atoms with Crippen LogP contribution in [0.25, 0.3) is 0 Å². The van der Waals surface area contributed by atoms with E-state index in [9.17, 15) is 9.90 Å². The van der Waals surface area contributed by atoms with Gasteiger partial charge in [-0.25, -0.2) is 4.79 Å². The van der Waals surface area contributed by atoms with Gasteiger partial charge in [0.15, 0.2) is 0 Å². The zero-order chi connectivity index (χ0) is 18.2. The number of carbonyl (C=O) groups excluding carboxylic acids is 1. The minimum atomic E-state index is -0.311. The normalized spacial score (nSPS) is 11.1. The first-order valence-corrected chi connectivity index (χ1v) is 9.81. The molecule has 0 aliphatic heterocycles. The average Bonchev–Trinajstić information content (AvgIpc) is 2.62. The third-order valence-corrected chi connectivity index (χ3v) is 4.34. The molecule has 0 spiro atoms. The molecule has 0 radical (unpaired) electrons. The smallest absolute Gasteiger partial charge is 0.338 e. The van der Waals surface area contributed by atoms with Crippen LogP contribution in [-0.2, 0) is 4.74 Å². The number of hydrogen-bond acceptors (Lipinski definition) is 3. The summed E-state index contributed by atoms with van der Waals surface area (Å²) in [7, 11) is 0. The molecule has 0 aliphatic rings. The fourth-order valence-corrected chi connectivity index (χ4v) is 2.79. The van der Waals surface area contributed by atoms with Crippen LogP contribution in [0.2, 0.25) is 0 Å². The van der Waals surface area contributed by atoms with Crippen LogP contribution < -0.4 is 0 Å². The molecule has 140 valence electrons. The molecule has 3 nitrogen and oxygen atoms in total. The third-order valence-electron chi connectivity index (χ3n) is 4.34. The van der Waals surface area contributed by atoms with Crippen molar-refractivity contribution in [3.63, 3.8) is 0 Å². The Morgan fingerprint density at radius 3 is 1.96 bits per heavy atom. The second kappa shape index (κ2) is 14.6. The summed E-state index contributed by atoms with van der Waals surface area (Å²) in [4.78, 5) is 11.8. The van der Waals surface area contributed by atoms with Crippen LogP contribution in [0.5, 0.6) is 5.75 Å². The van der Waals surface area contributed by atoms with Crippen molar-refractivity contribution in [1.29, 1.82) is 0 Å². The molecule has 25 heavy (non-hydrogen) atoms. The van der Waals surface area contributed by atoms with Crippen molar-refractivity contribution >= 4 is 5.97 Å². The number of esters is 1. The summed E-state index contributed by atoms with van der Waals surface area (Å²) in [5.41, 5.74) is 0.489. The van der Waals surface area contributed by atoms with E-state index in [1.54, 1.807) is 12.1 Å². The Kier molecular flexibility index (Phi) is 12.4. The van der Waals surface area contributed by atoms with Crippen molar-refractivity contribution in [3.05, 3.63) is 42.0 Å². The van der Waals surface area contributed by atoms with E-state index in [4.69, 9.17) is 4.74 Å². The van der Waals surface area contributed by atoms with E-state index in [-0.39, 0.29) is 11.7 Å². The fourth-order valence-electron chi connectivity index (χ4n) is 2.79. The van der Waals surface area contributed by atoms with Crippen LogP contribution in [0, 0.1) is 0 Å². The van der Waals surface area contributed by atoms with E-state index in [0.717, 1.165) is 12.8 Å². The number of ether oxygens (including phenoxy) is 1. The SMILES string of the molecule is C/C=C/CCCCCCCCCCCCOC(=O)c1ccc(O)cc1. The molecule has 0 heterocycles. The molecule has 0 amide bonds. The van der Waals surface area contributed by atoms with Gasteiger partial charge < -0.3 is 9.84 Å². The Bertz CT molecular complexity index is 477. The summed E-state index contributed by atoms with van der Waals surface area (Å²) >= 11 is 0. The Morgan fingerprint density at radius 1 is 0.880 bits per heavy atom. The van der Waals surface area contributed by atoms with Crippen molar-refractivity contribution in [2.24, 2.45) is 0 Å². The minimum Gasteiger partial charge on any atom is -0.508 e. The molecule has 0 aliphatic carbocycles. The highest BCUT2D eigenvalue weighted by Crippen LogP contribution is 2.13. The van der Waals surface area contributed by atoms with Crippen LogP contribution in [0.15, 0.2) is 36.4 Å². The monoisotopic (exact) mass is 346 g/mol. The molecule has 1 N–H and O–H groups in total. The highest BCUT2D eigenvalue weighted by atomic mass is 16.5. The molecule has 0 fully saturated rings. The number of aromatic hydroxyl groups is 1. The Balaban J connectivity index is 1.86. The zero-order valence-electron chi connectivity index (χ0n) is 15.7. The van der Waals surface area contributed by atoms with Gasteiger partial charge in [-0.2, -0.15) is 0 Å². The van der Waals surface area contributed by atoms with Crippen LogP contribution >= 0.6 is 0 Å². The summed E-state index contributed by atoms with van der Waals surface area (Å²) in [6, 6.07) is 6.16. The van der Waals surface area contributed by atoms with Crippen LogP contribution in [0.3, 0.4) is 0 Å². The van der Waals surface area contributed by atoms with Crippen molar-refractivity contribution in [2.75, 3.05) is 6.61 Å². The largest absolute Gasteiger partial charge is 0.508 e. The molecular formula is C22H34O3. The molecule has 1 aromatic rings. The first kappa shape index (κ1) is 21.3. The highest BCUT2D eigenvalue weighted by Gasteiger charge is 2.06. The van der Waals surface area contributed by atoms with E-state index in [0.29, 0.717) is 12.2 Å². The summed E-state index contributed by atoms with van der Waals surface area (Å²) in [5, 5.41) is 9.19. The van der Waals surface area contributed by atoms with E-state index >= 15 is 0 Å². The average molecular weight is 347 g/mol. The van der Waals surface area contributed by atoms with Crippen molar-refractivity contribution in [2.45, 2.75) is 77.6 Å². The number of hydrogen-bond donors (Lipinski definition) is 1. The third kappa shape index (κ3) is 11.4. The van der Waals surface area contributed by atoms with E-state index < -0.39 is 0 Å². The number of rotatable bonds is 14. The van der Waals surface area contributed by atoms with Gasteiger partial charge in [-0.05, 0) is 50.5 Å². The van der Waals surface area contributed by atoms with Gasteiger partial charge in [-0.1, -0.05) is 63.5 Å². The van der Waals surface area contributed by atoms with Crippen molar-refractivity contribution < 1.29 is 14.6 Å². The van der Waals surface area contributed by atoms with Gasteiger partial charge in [0.2, 0.25) is 0 Å². The lowest BCUT2D eigenvalue weighted by atomic mass is 10.1. The molecule has 1 aromatic carbocycles. The van der Waals surface area contributed by atoms with Gasteiger partial charge in [0.1, 0.15) is 5.75 Å². The van der Waals surface area contributed by atoms with Crippen LogP contribution in [0.1, 0.15) is 87.9 Å². The Labute approximate surface area is 153 Å². The number of allylic oxidation sites excluding steroid dienone is 2. The second-order valence-electron chi connectivity index (χ2n) is 6.58. The molecule has 0 saturated heterocycles. The maximum Gasteiger partial charge on any atom is 0.338 e. The molecule has 1 rings (SSSR count). The molecular weight excluding hydrogens is 312 g/mol. The molecule has 3 heteroatoms. The van der Waals surface area contributed by atoms with Crippen molar-refractivity contribution in [1.82, 2.24) is 0 Å². The van der Waals surface area contributed by atoms with Crippen molar-refractivity contribution in [3.8, 4) is 5.75 Å². The highest BCUT2D eigenvalue weighted by molar-refractivity contribution is 5.89. The summed E-state index contributed by atoms with van der Waals surface area (Å²) in [6.45, 7) is 2.56. The predicted octanol–water partition coefficient (Wildman–Crippen LogP) is 6.42. The van der Waals surface area contributed by atoms with Gasteiger partial charge in [-0.15, -0.1) is 0 Å². The van der Waals surface area contributed by atoms with Gasteiger partial charge >= 0.3 is 5.97 Å². The lowest BCUT2D eigenvalue weighted by Gasteiger charge is -2.05. The fraction of sp³-hybridized carbons (Fsp3) is 0.591. The van der Waals surface area contributed by atoms with Gasteiger partial charge in [0.25, 0.3) is 0 Å². The first-order valence-electron chi connectivity index (χ1n) is 9.81. The zero-order valence-corrected chi connectivity index (χ0v) is 15.7. The molecule has 0 aromatic heterocycles. The lowest BCUT2D eigenvalue weighted by Crippen LogP contribution is -2.06. The van der Waals surface area contributed by atoms with E-state index in [1.165, 1.54) is 69.9 Å². The maximum atomic E-state index is 11.8. The topological polar surface area (TPSA) is 46.5 Å². The molecule has 0 atom stereocenters. The minimum absolute atomic E-state index is 0.158. The summed E-state index contributed by atoms with van der Waals surface area (Å²) in [5.74, 6) is -0.153. The number of benzene rings is 1. The summed E-state index contributed by atoms with van der Waals surface area (Å²) in [6.07, 6.45) is 18.2. The number of phenols is 1. The number of unbranched alkanes of at least 4 members (excludes halogenated alkanes) is 10. The van der Waals surface area contributed by atoms with E-state index in [2.05, 4.69) is 19.1 Å². The molecule has 0 unspecified atom stereocenters. The van der Waals surface area contributed by atoms with Gasteiger partial charge in [0, 0.05) is 0 Å². The van der Waals surface area contributed by atoms with Crippen LogP contribution in [0.4, 0.5) is 0 Å². The lowest BCUT2D eigenvalue weighted by molar-refractivity contribution is 0.0497. The number of phenolic OH excluding ortho intramolecular Hbond substituents is 1.